The summed E-state index contributed by atoms with van der Waals surface area (Å²) in [6.07, 6.45) is 4.02. The first kappa shape index (κ1) is 18.0. The smallest absolute Gasteiger partial charge is 0.248 e. The highest BCUT2D eigenvalue weighted by Gasteiger charge is 2.43. The minimum Gasteiger partial charge on any atom is -0.386 e. The van der Waals surface area contributed by atoms with Gasteiger partial charge in [0, 0.05) is 18.9 Å². The Morgan fingerprint density at radius 3 is 2.63 bits per heavy atom. The van der Waals surface area contributed by atoms with E-state index < -0.39 is 30.5 Å². The number of aliphatic hydroxyl groups excluding tert-OH is 2. The van der Waals surface area contributed by atoms with Crippen LogP contribution in [0.4, 0.5) is 14.6 Å². The molecule has 1 saturated carbocycles. The molecular weight excluding hydrogens is 360 g/mol. The molecule has 1 aliphatic carbocycles. The number of anilines is 1. The molecule has 0 unspecified atom stereocenters. The fraction of sp³-hybridized carbons (Fsp3) is 0.588. The van der Waals surface area contributed by atoms with E-state index in [1.54, 1.807) is 0 Å². The molecule has 0 radical (unpaired) electrons. The molecule has 0 bridgehead atoms. The maximum Gasteiger partial charge on any atom is 0.248 e. The number of alkyl halides is 2. The van der Waals surface area contributed by atoms with Crippen LogP contribution in [0.1, 0.15) is 31.9 Å². The Bertz CT molecular complexity index is 873. The van der Waals surface area contributed by atoms with Crippen molar-refractivity contribution >= 4 is 17.0 Å². The normalized spacial score (nSPS) is 31.1. The van der Waals surface area contributed by atoms with Gasteiger partial charge in [-0.2, -0.15) is 0 Å². The Kier molecular flexibility index (Phi) is 4.46. The molecule has 4 atom stereocenters. The van der Waals surface area contributed by atoms with Crippen molar-refractivity contribution in [1.82, 2.24) is 19.5 Å². The number of hydrogen-bond acceptors (Lipinski definition) is 7. The summed E-state index contributed by atoms with van der Waals surface area (Å²) in [6, 6.07) is -0.131. The summed E-state index contributed by atoms with van der Waals surface area (Å²) in [6.45, 7) is 0. The molecule has 10 heteroatoms. The van der Waals surface area contributed by atoms with Crippen LogP contribution in [0.2, 0.25) is 0 Å². The Morgan fingerprint density at radius 1 is 1.22 bits per heavy atom. The van der Waals surface area contributed by atoms with E-state index in [2.05, 4.69) is 26.2 Å². The van der Waals surface area contributed by atoms with Gasteiger partial charge in [0.2, 0.25) is 5.92 Å². The van der Waals surface area contributed by atoms with Gasteiger partial charge in [0.25, 0.3) is 0 Å². The van der Waals surface area contributed by atoms with Crippen molar-refractivity contribution in [2.75, 3.05) is 5.32 Å². The molecule has 1 aliphatic heterocycles. The molecule has 2 aliphatic rings. The zero-order valence-electron chi connectivity index (χ0n) is 14.3. The second kappa shape index (κ2) is 6.67. The van der Waals surface area contributed by atoms with Crippen molar-refractivity contribution in [2.24, 2.45) is 0 Å². The van der Waals surface area contributed by atoms with E-state index in [-0.39, 0.29) is 18.9 Å². The lowest BCUT2D eigenvalue weighted by atomic mass is 9.92. The molecule has 4 rings (SSSR count). The van der Waals surface area contributed by atoms with Gasteiger partial charge >= 0.3 is 0 Å². The molecule has 2 fully saturated rings. The molecule has 3 heterocycles. The molecule has 0 amide bonds. The molecule has 144 valence electrons. The first-order valence-corrected chi connectivity index (χ1v) is 8.69. The highest BCUT2D eigenvalue weighted by atomic mass is 19.3. The maximum atomic E-state index is 13.3. The fourth-order valence-electron chi connectivity index (χ4n) is 3.55. The monoisotopic (exact) mass is 379 g/mol. The number of nitrogens with one attached hydrogen (secondary N) is 1. The third-order valence-corrected chi connectivity index (χ3v) is 5.09. The van der Waals surface area contributed by atoms with Crippen LogP contribution in [0.15, 0.2) is 12.7 Å². The Labute approximate surface area is 153 Å². The first-order chi connectivity index (χ1) is 12.9. The van der Waals surface area contributed by atoms with Gasteiger partial charge in [-0.05, 0) is 12.8 Å². The van der Waals surface area contributed by atoms with Gasteiger partial charge in [-0.15, -0.1) is 6.42 Å². The van der Waals surface area contributed by atoms with Gasteiger partial charge in [0.15, 0.2) is 23.2 Å². The summed E-state index contributed by atoms with van der Waals surface area (Å²) in [5.74, 6) is 0.104. The van der Waals surface area contributed by atoms with E-state index in [1.165, 1.54) is 17.2 Å². The SMILES string of the molecule is C#C[C@H]1O[C@@H](n2cnc3c(NC4CCC(F)(F)CC4)ncnc32)[C@H](O)[C@@H]1O. The summed E-state index contributed by atoms with van der Waals surface area (Å²) in [7, 11) is 0. The van der Waals surface area contributed by atoms with Gasteiger partial charge in [0.05, 0.1) is 6.33 Å². The van der Waals surface area contributed by atoms with Crippen LogP contribution in [0.3, 0.4) is 0 Å². The highest BCUT2D eigenvalue weighted by Crippen LogP contribution is 2.35. The van der Waals surface area contributed by atoms with Crippen LogP contribution in [0, 0.1) is 12.3 Å². The number of hydrogen-bond donors (Lipinski definition) is 3. The van der Waals surface area contributed by atoms with E-state index in [1.807, 2.05) is 0 Å². The van der Waals surface area contributed by atoms with Crippen molar-refractivity contribution < 1.29 is 23.7 Å². The third-order valence-electron chi connectivity index (χ3n) is 5.09. The third kappa shape index (κ3) is 3.22. The summed E-state index contributed by atoms with van der Waals surface area (Å²) in [5.41, 5.74) is 0.798. The van der Waals surface area contributed by atoms with Crippen molar-refractivity contribution in [3.05, 3.63) is 12.7 Å². The number of imidazole rings is 1. The molecule has 2 aromatic heterocycles. The van der Waals surface area contributed by atoms with Crippen molar-refractivity contribution in [1.29, 1.82) is 0 Å². The van der Waals surface area contributed by atoms with Gasteiger partial charge in [0.1, 0.15) is 24.6 Å². The number of ether oxygens (including phenoxy) is 1. The van der Waals surface area contributed by atoms with Crippen LogP contribution in [0.5, 0.6) is 0 Å². The summed E-state index contributed by atoms with van der Waals surface area (Å²) in [5, 5.41) is 23.3. The number of aliphatic hydroxyl groups is 2. The average molecular weight is 379 g/mol. The summed E-state index contributed by atoms with van der Waals surface area (Å²) >= 11 is 0. The highest BCUT2D eigenvalue weighted by molar-refractivity contribution is 5.82. The van der Waals surface area contributed by atoms with Gasteiger partial charge in [-0.1, -0.05) is 5.92 Å². The Balaban J connectivity index is 1.58. The zero-order chi connectivity index (χ0) is 19.2. The summed E-state index contributed by atoms with van der Waals surface area (Å²) < 4.78 is 33.7. The van der Waals surface area contributed by atoms with Crippen LogP contribution in [-0.4, -0.2) is 60.0 Å². The number of fused-ring (bicyclic) bond motifs is 1. The van der Waals surface area contributed by atoms with Crippen LogP contribution < -0.4 is 5.32 Å². The molecule has 1 saturated heterocycles. The number of halogens is 2. The fourth-order valence-corrected chi connectivity index (χ4v) is 3.55. The van der Waals surface area contributed by atoms with Crippen LogP contribution >= 0.6 is 0 Å². The predicted molar refractivity (Wildman–Crippen MR) is 90.9 cm³/mol. The number of terminal acetylenes is 1. The van der Waals surface area contributed by atoms with Crippen molar-refractivity contribution in [2.45, 2.75) is 62.2 Å². The van der Waals surface area contributed by atoms with E-state index in [4.69, 9.17) is 11.2 Å². The second-order valence-electron chi connectivity index (χ2n) is 6.92. The number of rotatable bonds is 3. The zero-order valence-corrected chi connectivity index (χ0v) is 14.3. The molecule has 0 aromatic carbocycles. The molecule has 0 spiro atoms. The van der Waals surface area contributed by atoms with Gasteiger partial charge < -0.3 is 20.3 Å². The lowest BCUT2D eigenvalue weighted by molar-refractivity contribution is -0.0361. The quantitative estimate of drug-likeness (QED) is 0.685. The molecule has 3 N–H and O–H groups in total. The first-order valence-electron chi connectivity index (χ1n) is 8.69. The van der Waals surface area contributed by atoms with E-state index in [0.717, 1.165) is 0 Å². The van der Waals surface area contributed by atoms with E-state index in [0.29, 0.717) is 29.8 Å². The minimum absolute atomic E-state index is 0.131. The van der Waals surface area contributed by atoms with Gasteiger partial charge in [-0.3, -0.25) is 4.57 Å². The molecule has 8 nitrogen and oxygen atoms in total. The second-order valence-corrected chi connectivity index (χ2v) is 6.92. The van der Waals surface area contributed by atoms with E-state index in [9.17, 15) is 19.0 Å². The largest absolute Gasteiger partial charge is 0.386 e. The number of nitrogens with zero attached hydrogens (tertiary/aromatic N) is 4. The van der Waals surface area contributed by atoms with Crippen molar-refractivity contribution in [3.63, 3.8) is 0 Å². The van der Waals surface area contributed by atoms with E-state index >= 15 is 0 Å². The van der Waals surface area contributed by atoms with Crippen LogP contribution in [-0.2, 0) is 4.74 Å². The van der Waals surface area contributed by atoms with Crippen molar-refractivity contribution in [3.8, 4) is 12.3 Å². The predicted octanol–water partition coefficient (Wildman–Crippen LogP) is 1.07. The molecule has 27 heavy (non-hydrogen) atoms. The molecular formula is C17H19F2N5O3. The topological polar surface area (TPSA) is 105 Å². The lowest BCUT2D eigenvalue weighted by Gasteiger charge is -2.29. The average Bonchev–Trinajstić information content (AvgIpc) is 3.19. The molecule has 2 aromatic rings. The standard InChI is InChI=1S/C17H19F2N5O3/c1-2-10-12(25)13(26)16(27-10)24-8-22-11-14(20-7-21-15(11)24)23-9-3-5-17(18,19)6-4-9/h1,7-10,12-13,16,25-26H,3-6H2,(H,20,21,23)/t10-,12-,13-,16-/m1/s1. The Hall–Kier alpha value is -2.35. The minimum atomic E-state index is -2.61. The maximum absolute atomic E-state index is 13.3. The summed E-state index contributed by atoms with van der Waals surface area (Å²) in [4.78, 5) is 12.6. The van der Waals surface area contributed by atoms with Crippen LogP contribution in [0.25, 0.3) is 11.2 Å². The Morgan fingerprint density at radius 2 is 1.96 bits per heavy atom. The lowest BCUT2D eigenvalue weighted by Crippen LogP contribution is -2.32. The van der Waals surface area contributed by atoms with Gasteiger partial charge in [-0.25, -0.2) is 23.7 Å². The number of aromatic nitrogens is 4.